The third kappa shape index (κ3) is 9.44. The molecule has 1 radical (unpaired) electrons. The van der Waals surface area contributed by atoms with E-state index >= 15 is 0 Å². The SMILES string of the molecule is CCCCCCCCOc1ccc(C([C]=O)NC(=O)OC(C)(C)C)cc1. The van der Waals surface area contributed by atoms with Crippen molar-refractivity contribution in [2.24, 2.45) is 0 Å². The minimum atomic E-state index is -0.863. The molecule has 0 aliphatic heterocycles. The fourth-order valence-electron chi connectivity index (χ4n) is 2.44. The van der Waals surface area contributed by atoms with E-state index in [9.17, 15) is 9.59 Å². The molecule has 0 spiro atoms. The Bertz CT molecular complexity index is 534. The number of carbonyl (C=O) groups excluding carboxylic acids is 2. The van der Waals surface area contributed by atoms with Crippen LogP contribution in [-0.2, 0) is 9.53 Å². The van der Waals surface area contributed by atoms with Crippen LogP contribution >= 0.6 is 0 Å². The van der Waals surface area contributed by atoms with Crippen LogP contribution in [0.15, 0.2) is 24.3 Å². The first-order valence-electron chi connectivity index (χ1n) is 9.45. The Balaban J connectivity index is 2.41. The van der Waals surface area contributed by atoms with Gasteiger partial charge in [-0.25, -0.2) is 4.79 Å². The maximum Gasteiger partial charge on any atom is 0.408 e. The summed E-state index contributed by atoms with van der Waals surface area (Å²) >= 11 is 0. The van der Waals surface area contributed by atoms with Gasteiger partial charge in [0.1, 0.15) is 17.4 Å². The summed E-state index contributed by atoms with van der Waals surface area (Å²) in [5.74, 6) is 0.754. The monoisotopic (exact) mass is 362 g/mol. The van der Waals surface area contributed by atoms with E-state index in [-0.39, 0.29) is 0 Å². The summed E-state index contributed by atoms with van der Waals surface area (Å²) in [5.41, 5.74) is 0.0175. The number of nitrogens with one attached hydrogen (secondary N) is 1. The number of carbonyl (C=O) groups is 1. The van der Waals surface area contributed by atoms with Crippen molar-refractivity contribution >= 4 is 12.4 Å². The highest BCUT2D eigenvalue weighted by atomic mass is 16.6. The maximum absolute atomic E-state index is 11.8. The number of unbranched alkanes of at least 4 members (excludes halogenated alkanes) is 5. The summed E-state index contributed by atoms with van der Waals surface area (Å²) < 4.78 is 10.9. The lowest BCUT2D eigenvalue weighted by molar-refractivity contribution is 0.0517. The lowest BCUT2D eigenvalue weighted by atomic mass is 10.1. The average molecular weight is 362 g/mol. The Labute approximate surface area is 157 Å². The molecule has 5 heteroatoms. The van der Waals surface area contributed by atoms with E-state index in [1.807, 2.05) is 6.29 Å². The van der Waals surface area contributed by atoms with Crippen molar-refractivity contribution in [2.45, 2.75) is 77.9 Å². The van der Waals surface area contributed by atoms with Crippen molar-refractivity contribution in [1.29, 1.82) is 0 Å². The van der Waals surface area contributed by atoms with Crippen molar-refractivity contribution in [2.75, 3.05) is 6.61 Å². The minimum Gasteiger partial charge on any atom is -0.494 e. The number of alkyl carbamates (subject to hydrolysis) is 1. The van der Waals surface area contributed by atoms with Gasteiger partial charge in [0.15, 0.2) is 0 Å². The molecule has 1 rings (SSSR count). The minimum absolute atomic E-state index is 0.619. The van der Waals surface area contributed by atoms with Crippen molar-refractivity contribution in [3.63, 3.8) is 0 Å². The molecule has 145 valence electrons. The zero-order valence-corrected chi connectivity index (χ0v) is 16.5. The van der Waals surface area contributed by atoms with Crippen molar-refractivity contribution < 1.29 is 19.1 Å². The fraction of sp³-hybridized carbons (Fsp3) is 0.619. The van der Waals surface area contributed by atoms with Crippen LogP contribution in [0.1, 0.15) is 77.8 Å². The number of rotatable bonds is 11. The number of hydrogen-bond acceptors (Lipinski definition) is 4. The number of ether oxygens (including phenoxy) is 2. The highest BCUT2D eigenvalue weighted by Crippen LogP contribution is 2.18. The summed E-state index contributed by atoms with van der Waals surface area (Å²) in [6, 6.07) is 6.24. The second-order valence-electron chi connectivity index (χ2n) is 7.38. The maximum atomic E-state index is 11.8. The van der Waals surface area contributed by atoms with Gasteiger partial charge < -0.3 is 14.8 Å². The van der Waals surface area contributed by atoms with E-state index in [2.05, 4.69) is 12.2 Å². The summed E-state index contributed by atoms with van der Waals surface area (Å²) in [6.45, 7) is 8.19. The third-order valence-corrected chi connectivity index (χ3v) is 3.76. The molecule has 1 aromatic carbocycles. The molecule has 1 unspecified atom stereocenters. The Morgan fingerprint density at radius 3 is 2.27 bits per heavy atom. The van der Waals surface area contributed by atoms with E-state index in [1.165, 1.54) is 32.1 Å². The van der Waals surface area contributed by atoms with Gasteiger partial charge in [0.2, 0.25) is 6.29 Å². The molecule has 0 saturated heterocycles. The van der Waals surface area contributed by atoms with Crippen LogP contribution < -0.4 is 10.1 Å². The van der Waals surface area contributed by atoms with E-state index < -0.39 is 17.7 Å². The topological polar surface area (TPSA) is 64.6 Å². The normalized spacial score (nSPS) is 12.3. The highest BCUT2D eigenvalue weighted by Gasteiger charge is 2.20. The largest absolute Gasteiger partial charge is 0.494 e. The predicted molar refractivity (Wildman–Crippen MR) is 103 cm³/mol. The Morgan fingerprint density at radius 1 is 1.08 bits per heavy atom. The summed E-state index contributed by atoms with van der Waals surface area (Å²) in [4.78, 5) is 23.0. The molecule has 5 nitrogen and oxygen atoms in total. The molecule has 26 heavy (non-hydrogen) atoms. The third-order valence-electron chi connectivity index (χ3n) is 3.76. The molecule has 1 N–H and O–H groups in total. The highest BCUT2D eigenvalue weighted by molar-refractivity contribution is 5.75. The van der Waals surface area contributed by atoms with E-state index in [0.717, 1.165) is 12.2 Å². The van der Waals surface area contributed by atoms with Gasteiger partial charge in [-0.2, -0.15) is 0 Å². The Morgan fingerprint density at radius 2 is 1.69 bits per heavy atom. The molecule has 0 heterocycles. The molecule has 1 atom stereocenters. The smallest absolute Gasteiger partial charge is 0.408 e. The fourth-order valence-corrected chi connectivity index (χ4v) is 2.44. The molecule has 1 aromatic rings. The van der Waals surface area contributed by atoms with Crippen LogP contribution in [0, 0.1) is 0 Å². The van der Waals surface area contributed by atoms with Crippen LogP contribution in [0.25, 0.3) is 0 Å². The van der Waals surface area contributed by atoms with Gasteiger partial charge in [0.05, 0.1) is 6.61 Å². The average Bonchev–Trinajstić information content (AvgIpc) is 2.58. The van der Waals surface area contributed by atoms with E-state index in [1.54, 1.807) is 45.0 Å². The summed E-state index contributed by atoms with van der Waals surface area (Å²) in [6.07, 6.45) is 8.50. The molecule has 0 aromatic heterocycles. The van der Waals surface area contributed by atoms with Gasteiger partial charge in [-0.1, -0.05) is 51.2 Å². The van der Waals surface area contributed by atoms with E-state index in [4.69, 9.17) is 9.47 Å². The zero-order valence-electron chi connectivity index (χ0n) is 16.5. The standard InChI is InChI=1S/C21H32NO4/c1-5-6-7-8-9-10-15-25-18-13-11-17(12-14-18)19(16-23)22-20(24)26-21(2,3)4/h11-14,19H,5-10,15H2,1-4H3,(H,22,24). The summed E-state index contributed by atoms with van der Waals surface area (Å²) in [7, 11) is 0. The molecule has 0 fully saturated rings. The Kier molecular flexibility index (Phi) is 9.78. The number of benzene rings is 1. The zero-order chi connectivity index (χ0) is 19.4. The van der Waals surface area contributed by atoms with Crippen LogP contribution in [0.4, 0.5) is 4.79 Å². The molecule has 0 saturated carbocycles. The lowest BCUT2D eigenvalue weighted by Gasteiger charge is -2.21. The van der Waals surface area contributed by atoms with Crippen molar-refractivity contribution in [1.82, 2.24) is 5.32 Å². The van der Waals surface area contributed by atoms with Gasteiger partial charge in [0, 0.05) is 0 Å². The quantitative estimate of drug-likeness (QED) is 0.556. The van der Waals surface area contributed by atoms with Crippen LogP contribution in [0.3, 0.4) is 0 Å². The van der Waals surface area contributed by atoms with Gasteiger partial charge in [0.25, 0.3) is 0 Å². The van der Waals surface area contributed by atoms with Crippen molar-refractivity contribution in [3.8, 4) is 5.75 Å². The molecule has 0 aliphatic rings. The van der Waals surface area contributed by atoms with Gasteiger partial charge in [-0.05, 0) is 44.9 Å². The molecule has 0 aliphatic carbocycles. The molecular weight excluding hydrogens is 330 g/mol. The summed E-state index contributed by atoms with van der Waals surface area (Å²) in [5, 5.41) is 2.51. The van der Waals surface area contributed by atoms with Crippen molar-refractivity contribution in [3.05, 3.63) is 29.8 Å². The number of hydrogen-bond donors (Lipinski definition) is 1. The molecular formula is C21H32NO4. The lowest BCUT2D eigenvalue weighted by Crippen LogP contribution is -2.35. The second-order valence-corrected chi connectivity index (χ2v) is 7.38. The van der Waals surface area contributed by atoms with E-state index in [0.29, 0.717) is 12.2 Å². The predicted octanol–water partition coefficient (Wildman–Crippen LogP) is 5.10. The van der Waals surface area contributed by atoms with Crippen LogP contribution in [0.5, 0.6) is 5.75 Å². The number of amides is 1. The van der Waals surface area contributed by atoms with Gasteiger partial charge in [-0.3, -0.25) is 4.79 Å². The van der Waals surface area contributed by atoms with Gasteiger partial charge in [-0.15, -0.1) is 0 Å². The van der Waals surface area contributed by atoms with Gasteiger partial charge >= 0.3 is 6.09 Å². The van der Waals surface area contributed by atoms with Crippen LogP contribution in [-0.4, -0.2) is 24.6 Å². The first kappa shape index (κ1) is 22.0. The molecule has 0 bridgehead atoms. The first-order valence-corrected chi connectivity index (χ1v) is 9.45. The first-order chi connectivity index (χ1) is 12.4. The second kappa shape index (κ2) is 11.6. The molecule has 1 amide bonds. The Hall–Kier alpha value is -2.04. The van der Waals surface area contributed by atoms with Crippen LogP contribution in [0.2, 0.25) is 0 Å².